The molecule has 0 spiro atoms. The Labute approximate surface area is 166 Å². The van der Waals surface area contributed by atoms with Crippen LogP contribution in [0.1, 0.15) is 0 Å². The van der Waals surface area contributed by atoms with Crippen molar-refractivity contribution in [1.29, 1.82) is 0 Å². The minimum absolute atomic E-state index is 0.0155. The summed E-state index contributed by atoms with van der Waals surface area (Å²) in [5, 5.41) is 0. The van der Waals surface area contributed by atoms with Crippen molar-refractivity contribution in [3.63, 3.8) is 0 Å². The minimum Gasteiger partial charge on any atom is -0.397 e. The van der Waals surface area contributed by atoms with Crippen molar-refractivity contribution in [2.75, 3.05) is 34.4 Å². The number of nitrogens with two attached hydrogens (primary N) is 6. The predicted molar refractivity (Wildman–Crippen MR) is 115 cm³/mol. The molecule has 0 amide bonds. The van der Waals surface area contributed by atoms with Crippen LogP contribution in [0, 0.1) is 0 Å². The van der Waals surface area contributed by atoms with Crippen LogP contribution in [0.5, 0.6) is 17.2 Å². The summed E-state index contributed by atoms with van der Waals surface area (Å²) < 4.78 is 30.1. The Balaban J connectivity index is 2.04. The van der Waals surface area contributed by atoms with Crippen LogP contribution in [0.3, 0.4) is 0 Å². The van der Waals surface area contributed by atoms with Gasteiger partial charge in [0.25, 0.3) is 0 Å². The molecule has 0 aliphatic heterocycles. The Morgan fingerprint density at radius 2 is 0.793 bits per heavy atom. The Morgan fingerprint density at radius 3 is 1.07 bits per heavy atom. The zero-order valence-electron chi connectivity index (χ0n) is 15.2. The summed E-state index contributed by atoms with van der Waals surface area (Å²) in [5.74, 6) is -0.0464. The summed E-state index contributed by atoms with van der Waals surface area (Å²) in [6, 6.07) is 13.7. The number of nitrogen functional groups attached to an aromatic ring is 6. The van der Waals surface area contributed by atoms with E-state index in [-0.39, 0.29) is 51.4 Å². The molecule has 0 unspecified atom stereocenters. The third-order valence-corrected chi connectivity index (χ3v) is 5.19. The van der Waals surface area contributed by atoms with Gasteiger partial charge in [0.2, 0.25) is 0 Å². The number of hydrogen-bond donors (Lipinski definition) is 6. The number of para-hydroxylation sites is 3. The van der Waals surface area contributed by atoms with Crippen LogP contribution in [0.25, 0.3) is 0 Å². The SMILES string of the molecule is Nc1cccc(OP(=O)(Oc2cccc(N)c2N)Oc2cccc(N)c2N)c1N. The van der Waals surface area contributed by atoms with Crippen LogP contribution in [0.2, 0.25) is 0 Å². The van der Waals surface area contributed by atoms with Gasteiger partial charge in [0.05, 0.1) is 34.1 Å². The van der Waals surface area contributed by atoms with Gasteiger partial charge >= 0.3 is 7.82 Å². The van der Waals surface area contributed by atoms with E-state index < -0.39 is 7.82 Å². The first-order chi connectivity index (χ1) is 13.7. The maximum Gasteiger partial charge on any atom is 0.647 e. The molecular weight excluding hydrogens is 395 g/mol. The molecule has 0 radical (unpaired) electrons. The van der Waals surface area contributed by atoms with E-state index >= 15 is 0 Å². The molecule has 0 fully saturated rings. The highest BCUT2D eigenvalue weighted by molar-refractivity contribution is 7.49. The van der Waals surface area contributed by atoms with E-state index in [1.165, 1.54) is 18.2 Å². The second-order valence-corrected chi connectivity index (χ2v) is 7.44. The maximum atomic E-state index is 13.6. The number of hydrogen-bond acceptors (Lipinski definition) is 10. The molecule has 10 nitrogen and oxygen atoms in total. The number of benzene rings is 3. The molecule has 0 aromatic heterocycles. The zero-order valence-corrected chi connectivity index (χ0v) is 16.1. The summed E-state index contributed by atoms with van der Waals surface area (Å²) in [6.45, 7) is 0. The Bertz CT molecular complexity index is 971. The molecule has 3 aromatic carbocycles. The van der Waals surface area contributed by atoms with Gasteiger partial charge in [-0.25, -0.2) is 0 Å². The van der Waals surface area contributed by atoms with E-state index in [4.69, 9.17) is 48.0 Å². The molecule has 3 rings (SSSR count). The molecule has 11 heteroatoms. The van der Waals surface area contributed by atoms with E-state index in [1.807, 2.05) is 0 Å². The van der Waals surface area contributed by atoms with Gasteiger partial charge in [-0.2, -0.15) is 4.57 Å². The van der Waals surface area contributed by atoms with Gasteiger partial charge in [-0.05, 0) is 36.4 Å². The highest BCUT2D eigenvalue weighted by Gasteiger charge is 2.35. The molecule has 0 atom stereocenters. The average Bonchev–Trinajstić information content (AvgIpc) is 2.67. The van der Waals surface area contributed by atoms with Crippen molar-refractivity contribution in [2.45, 2.75) is 0 Å². The third kappa shape index (κ3) is 4.17. The first-order valence-corrected chi connectivity index (χ1v) is 9.77. The molecule has 3 aromatic rings. The van der Waals surface area contributed by atoms with Crippen LogP contribution in [0.15, 0.2) is 54.6 Å². The van der Waals surface area contributed by atoms with Gasteiger partial charge in [0.15, 0.2) is 17.2 Å². The number of rotatable bonds is 6. The van der Waals surface area contributed by atoms with Crippen molar-refractivity contribution in [3.05, 3.63) is 54.6 Å². The third-order valence-electron chi connectivity index (χ3n) is 3.93. The van der Waals surface area contributed by atoms with Crippen LogP contribution in [-0.2, 0) is 4.57 Å². The van der Waals surface area contributed by atoms with E-state index in [0.717, 1.165) is 0 Å². The van der Waals surface area contributed by atoms with Crippen molar-refractivity contribution in [1.82, 2.24) is 0 Å². The van der Waals surface area contributed by atoms with Gasteiger partial charge in [-0.15, -0.1) is 0 Å². The fourth-order valence-corrected chi connectivity index (χ4v) is 3.65. The highest BCUT2D eigenvalue weighted by Crippen LogP contribution is 2.53. The normalized spacial score (nSPS) is 11.0. The standard InChI is InChI=1S/C18H21N6O4P/c19-10-4-1-7-13(16(10)22)26-29(25,27-14-8-2-5-11(20)17(14)23)28-15-9-3-6-12(21)18(15)24/h1-9H,19-24H2. The fourth-order valence-electron chi connectivity index (χ4n) is 2.34. The molecule has 0 saturated carbocycles. The summed E-state index contributed by atoms with van der Waals surface area (Å²) in [4.78, 5) is 0. The van der Waals surface area contributed by atoms with Crippen molar-refractivity contribution in [3.8, 4) is 17.2 Å². The Kier molecular flexibility index (Phi) is 5.20. The largest absolute Gasteiger partial charge is 0.647 e. The van der Waals surface area contributed by atoms with E-state index in [1.54, 1.807) is 36.4 Å². The topological polar surface area (TPSA) is 201 Å². The van der Waals surface area contributed by atoms with Crippen LogP contribution in [-0.4, -0.2) is 0 Å². The lowest BCUT2D eigenvalue weighted by Gasteiger charge is -2.22. The number of phosphoric ester groups is 1. The molecule has 0 aliphatic rings. The van der Waals surface area contributed by atoms with Crippen molar-refractivity contribution in [2.24, 2.45) is 0 Å². The lowest BCUT2D eigenvalue weighted by molar-refractivity contribution is 0.300. The predicted octanol–water partition coefficient (Wildman–Crippen LogP) is 2.82. The molecule has 0 saturated heterocycles. The van der Waals surface area contributed by atoms with Crippen molar-refractivity contribution >= 4 is 41.9 Å². The highest BCUT2D eigenvalue weighted by atomic mass is 31.2. The fraction of sp³-hybridized carbons (Fsp3) is 0. The first-order valence-electron chi connectivity index (χ1n) is 8.31. The van der Waals surface area contributed by atoms with Gasteiger partial charge in [0, 0.05) is 0 Å². The quantitative estimate of drug-likeness (QED) is 0.256. The van der Waals surface area contributed by atoms with Crippen LogP contribution < -0.4 is 48.0 Å². The monoisotopic (exact) mass is 416 g/mol. The van der Waals surface area contributed by atoms with E-state index in [0.29, 0.717) is 0 Å². The Morgan fingerprint density at radius 1 is 0.517 bits per heavy atom. The summed E-state index contributed by atoms with van der Waals surface area (Å²) in [7, 11) is -4.43. The second-order valence-electron chi connectivity index (χ2n) is 6.00. The van der Waals surface area contributed by atoms with Crippen molar-refractivity contribution < 1.29 is 18.1 Å². The number of anilines is 6. The molecule has 29 heavy (non-hydrogen) atoms. The van der Waals surface area contributed by atoms with E-state index in [9.17, 15) is 4.57 Å². The van der Waals surface area contributed by atoms with Gasteiger partial charge in [-0.1, -0.05) is 18.2 Å². The zero-order chi connectivity index (χ0) is 21.2. The summed E-state index contributed by atoms with van der Waals surface area (Å²) >= 11 is 0. The maximum absolute atomic E-state index is 13.6. The number of phosphoric acid groups is 1. The molecular formula is C18H21N6O4P. The van der Waals surface area contributed by atoms with Gasteiger partial charge < -0.3 is 48.0 Å². The lowest BCUT2D eigenvalue weighted by Crippen LogP contribution is -2.11. The second kappa shape index (κ2) is 7.61. The first kappa shape index (κ1) is 19.8. The minimum atomic E-state index is -4.43. The van der Waals surface area contributed by atoms with Crippen LogP contribution in [0.4, 0.5) is 34.1 Å². The summed E-state index contributed by atoms with van der Waals surface area (Å²) in [5.41, 5.74) is 35.9. The Hall–Kier alpha value is -3.91. The summed E-state index contributed by atoms with van der Waals surface area (Å²) in [6.07, 6.45) is 0. The molecule has 0 aliphatic carbocycles. The van der Waals surface area contributed by atoms with Gasteiger partial charge in [0.1, 0.15) is 0 Å². The molecule has 12 N–H and O–H groups in total. The van der Waals surface area contributed by atoms with Crippen LogP contribution >= 0.6 is 7.82 Å². The lowest BCUT2D eigenvalue weighted by atomic mass is 10.2. The smallest absolute Gasteiger partial charge is 0.397 e. The van der Waals surface area contributed by atoms with Gasteiger partial charge in [-0.3, -0.25) is 0 Å². The molecule has 0 bridgehead atoms. The average molecular weight is 416 g/mol. The molecule has 152 valence electrons. The van der Waals surface area contributed by atoms with E-state index in [2.05, 4.69) is 0 Å². The molecule has 0 heterocycles.